The molecule has 3 heterocycles. The molecule has 2 aromatic heterocycles. The van der Waals surface area contributed by atoms with Gasteiger partial charge in [0.25, 0.3) is 5.56 Å². The maximum Gasteiger partial charge on any atom is 0.272 e. The highest BCUT2D eigenvalue weighted by Gasteiger charge is 2.29. The van der Waals surface area contributed by atoms with Crippen LogP contribution < -0.4 is 5.56 Å². The fraction of sp³-hybridized carbons (Fsp3) is 0.400. The number of likely N-dealkylation sites (tertiary alicyclic amines) is 1. The minimum Gasteiger partial charge on any atom is -0.339 e. The van der Waals surface area contributed by atoms with Crippen molar-refractivity contribution in [2.24, 2.45) is 0 Å². The molecule has 1 unspecified atom stereocenters. The topological polar surface area (TPSA) is 73.0 Å². The number of para-hydroxylation sites is 2. The van der Waals surface area contributed by atoms with Crippen molar-refractivity contribution < 1.29 is 4.79 Å². The maximum absolute atomic E-state index is 12.9. The van der Waals surface area contributed by atoms with E-state index in [4.69, 9.17) is 0 Å². The number of nitrogens with zero attached hydrogens (tertiary/aromatic N) is 5. The van der Waals surface area contributed by atoms with E-state index in [1.54, 1.807) is 6.92 Å². The number of benzene rings is 1. The molecule has 1 aromatic carbocycles. The zero-order chi connectivity index (χ0) is 19.1. The van der Waals surface area contributed by atoms with Crippen LogP contribution in [-0.4, -0.2) is 43.2 Å². The maximum atomic E-state index is 12.9. The van der Waals surface area contributed by atoms with Crippen LogP contribution in [0.2, 0.25) is 0 Å². The number of rotatable bonds is 3. The third-order valence-electron chi connectivity index (χ3n) is 5.22. The van der Waals surface area contributed by atoms with Gasteiger partial charge in [-0.15, -0.1) is 0 Å². The van der Waals surface area contributed by atoms with Gasteiger partial charge in [-0.2, -0.15) is 5.10 Å². The van der Waals surface area contributed by atoms with E-state index >= 15 is 0 Å². The molecule has 1 amide bonds. The number of hydrogen-bond donors (Lipinski definition) is 0. The third-order valence-corrected chi connectivity index (χ3v) is 5.22. The number of amides is 1. The van der Waals surface area contributed by atoms with Crippen molar-refractivity contribution in [3.63, 3.8) is 0 Å². The van der Waals surface area contributed by atoms with Gasteiger partial charge in [0.15, 0.2) is 0 Å². The highest BCUT2D eigenvalue weighted by molar-refractivity contribution is 5.80. The Labute approximate surface area is 157 Å². The Balaban J connectivity index is 1.57. The normalized spacial score (nSPS) is 17.0. The molecule has 0 radical (unpaired) electrons. The molecule has 1 aliphatic heterocycles. The zero-order valence-electron chi connectivity index (χ0n) is 15.8. The molecule has 1 fully saturated rings. The largest absolute Gasteiger partial charge is 0.339 e. The van der Waals surface area contributed by atoms with E-state index in [1.807, 2.05) is 47.7 Å². The molecule has 1 aliphatic rings. The molecule has 7 heteroatoms. The minimum absolute atomic E-state index is 0.0343. The standard InChI is InChI=1S/C20H23N5O2/c1-13-10-14(2)25(22-13)16-8-9-23(11-16)19(26)12-24-18-7-5-4-6-17(18)21-15(3)20(24)27/h4-7,10,16H,8-9,11-12H2,1-3H3. The van der Waals surface area contributed by atoms with Gasteiger partial charge in [-0.25, -0.2) is 4.98 Å². The second kappa shape index (κ2) is 6.64. The smallest absolute Gasteiger partial charge is 0.272 e. The summed E-state index contributed by atoms with van der Waals surface area (Å²) in [6.45, 7) is 7.04. The summed E-state index contributed by atoms with van der Waals surface area (Å²) in [4.78, 5) is 31.7. The Morgan fingerprint density at radius 2 is 2.00 bits per heavy atom. The van der Waals surface area contributed by atoms with Crippen LogP contribution in [0.3, 0.4) is 0 Å². The van der Waals surface area contributed by atoms with Crippen molar-refractivity contribution in [2.75, 3.05) is 13.1 Å². The first kappa shape index (κ1) is 17.5. The van der Waals surface area contributed by atoms with Crippen molar-refractivity contribution in [1.29, 1.82) is 0 Å². The number of fused-ring (bicyclic) bond motifs is 1. The molecule has 4 rings (SSSR count). The Morgan fingerprint density at radius 3 is 2.74 bits per heavy atom. The fourth-order valence-corrected chi connectivity index (χ4v) is 3.90. The first-order valence-corrected chi connectivity index (χ1v) is 9.21. The summed E-state index contributed by atoms with van der Waals surface area (Å²) in [6.07, 6.45) is 0.874. The third kappa shape index (κ3) is 3.13. The molecule has 7 nitrogen and oxygen atoms in total. The molecule has 140 valence electrons. The average molecular weight is 365 g/mol. The summed E-state index contributed by atoms with van der Waals surface area (Å²) in [7, 11) is 0. The molecule has 0 bridgehead atoms. The molecular formula is C20H23N5O2. The van der Waals surface area contributed by atoms with Gasteiger partial charge in [0.1, 0.15) is 12.2 Å². The van der Waals surface area contributed by atoms with E-state index in [9.17, 15) is 9.59 Å². The highest BCUT2D eigenvalue weighted by atomic mass is 16.2. The van der Waals surface area contributed by atoms with Crippen LogP contribution in [0.4, 0.5) is 0 Å². The van der Waals surface area contributed by atoms with E-state index in [2.05, 4.69) is 16.1 Å². The second-order valence-corrected chi connectivity index (χ2v) is 7.23. The molecule has 1 saturated heterocycles. The van der Waals surface area contributed by atoms with Crippen molar-refractivity contribution in [3.05, 3.63) is 57.8 Å². The SMILES string of the molecule is Cc1cc(C)n(C2CCN(C(=O)Cn3c(=O)c(C)nc4ccccc43)C2)n1. The predicted octanol–water partition coefficient (Wildman–Crippen LogP) is 1.99. The molecule has 0 N–H and O–H groups in total. The number of carbonyl (C=O) groups is 1. The van der Waals surface area contributed by atoms with E-state index in [-0.39, 0.29) is 24.1 Å². The Hall–Kier alpha value is -2.96. The van der Waals surface area contributed by atoms with E-state index in [1.165, 1.54) is 4.57 Å². The zero-order valence-corrected chi connectivity index (χ0v) is 15.8. The lowest BCUT2D eigenvalue weighted by atomic mass is 10.2. The lowest BCUT2D eigenvalue weighted by Gasteiger charge is -2.19. The van der Waals surface area contributed by atoms with Crippen LogP contribution in [0.1, 0.15) is 29.5 Å². The van der Waals surface area contributed by atoms with E-state index in [0.717, 1.165) is 23.3 Å². The fourth-order valence-electron chi connectivity index (χ4n) is 3.90. The molecule has 1 atom stereocenters. The van der Waals surface area contributed by atoms with Crippen LogP contribution in [0.5, 0.6) is 0 Å². The van der Waals surface area contributed by atoms with Gasteiger partial charge in [0.2, 0.25) is 5.91 Å². The van der Waals surface area contributed by atoms with Gasteiger partial charge >= 0.3 is 0 Å². The predicted molar refractivity (Wildman–Crippen MR) is 103 cm³/mol. The van der Waals surface area contributed by atoms with Gasteiger partial charge in [-0.1, -0.05) is 12.1 Å². The minimum atomic E-state index is -0.212. The quantitative estimate of drug-likeness (QED) is 0.712. The van der Waals surface area contributed by atoms with Crippen molar-refractivity contribution in [3.8, 4) is 0 Å². The molecular weight excluding hydrogens is 342 g/mol. The number of aromatic nitrogens is 4. The Morgan fingerprint density at radius 1 is 1.22 bits per heavy atom. The molecule has 0 spiro atoms. The summed E-state index contributed by atoms with van der Waals surface area (Å²) in [5, 5.41) is 4.55. The monoisotopic (exact) mass is 365 g/mol. The van der Waals surface area contributed by atoms with Crippen LogP contribution in [0.15, 0.2) is 35.1 Å². The first-order valence-electron chi connectivity index (χ1n) is 9.21. The van der Waals surface area contributed by atoms with Crippen LogP contribution in [-0.2, 0) is 11.3 Å². The van der Waals surface area contributed by atoms with E-state index < -0.39 is 0 Å². The van der Waals surface area contributed by atoms with Gasteiger partial charge in [0, 0.05) is 18.8 Å². The lowest BCUT2D eigenvalue weighted by Crippen LogP contribution is -2.36. The van der Waals surface area contributed by atoms with Gasteiger partial charge < -0.3 is 4.90 Å². The van der Waals surface area contributed by atoms with Crippen molar-refractivity contribution >= 4 is 16.9 Å². The first-order chi connectivity index (χ1) is 12.9. The highest BCUT2D eigenvalue weighted by Crippen LogP contribution is 2.23. The van der Waals surface area contributed by atoms with Crippen molar-refractivity contribution in [2.45, 2.75) is 39.8 Å². The van der Waals surface area contributed by atoms with Gasteiger partial charge in [-0.05, 0) is 45.4 Å². The summed E-state index contributed by atoms with van der Waals surface area (Å²) in [6, 6.07) is 9.67. The molecule has 0 saturated carbocycles. The Kier molecular flexibility index (Phi) is 4.30. The number of hydrogen-bond acceptors (Lipinski definition) is 4. The van der Waals surface area contributed by atoms with E-state index in [0.29, 0.717) is 24.3 Å². The van der Waals surface area contributed by atoms with Crippen LogP contribution in [0.25, 0.3) is 11.0 Å². The number of carbonyl (C=O) groups excluding carboxylic acids is 1. The Bertz CT molecular complexity index is 1080. The average Bonchev–Trinajstić information content (AvgIpc) is 3.25. The van der Waals surface area contributed by atoms with Crippen LogP contribution >= 0.6 is 0 Å². The lowest BCUT2D eigenvalue weighted by molar-refractivity contribution is -0.130. The second-order valence-electron chi connectivity index (χ2n) is 7.23. The summed E-state index contributed by atoms with van der Waals surface area (Å²) in [5.41, 5.74) is 3.71. The van der Waals surface area contributed by atoms with Crippen LogP contribution in [0, 0.1) is 20.8 Å². The molecule has 27 heavy (non-hydrogen) atoms. The van der Waals surface area contributed by atoms with Crippen molar-refractivity contribution in [1.82, 2.24) is 24.2 Å². The summed E-state index contributed by atoms with van der Waals surface area (Å²) >= 11 is 0. The van der Waals surface area contributed by atoms with Gasteiger partial charge in [-0.3, -0.25) is 18.8 Å². The molecule has 3 aromatic rings. The number of aryl methyl sites for hydroxylation is 3. The molecule has 0 aliphatic carbocycles. The summed E-state index contributed by atoms with van der Waals surface area (Å²) < 4.78 is 3.55. The van der Waals surface area contributed by atoms with Gasteiger partial charge in [0.05, 0.1) is 22.8 Å². The summed E-state index contributed by atoms with van der Waals surface area (Å²) in [5.74, 6) is -0.0446.